The van der Waals surface area contributed by atoms with Gasteiger partial charge in [-0.1, -0.05) is 46.8 Å². The average molecular weight is 571 g/mol. The number of halogens is 7. The van der Waals surface area contributed by atoms with Crippen LogP contribution in [0.3, 0.4) is 0 Å². The Kier molecular flexibility index (Phi) is 10.1. The van der Waals surface area contributed by atoms with E-state index in [1.54, 1.807) is 19.1 Å². The maximum Gasteiger partial charge on any atom is 0.422 e. The zero-order valence-electron chi connectivity index (χ0n) is 18.4. The first kappa shape index (κ1) is 28.6. The molecule has 0 radical (unpaired) electrons. The van der Waals surface area contributed by atoms with E-state index in [4.69, 9.17) is 4.74 Å². The molecular weight excluding hydrogens is 550 g/mol. The number of carbonyl (C=O) groups is 1. The molecular formula is C22H21BrF6N2O4. The molecule has 35 heavy (non-hydrogen) atoms. The van der Waals surface area contributed by atoms with E-state index in [1.807, 2.05) is 6.08 Å². The summed E-state index contributed by atoms with van der Waals surface area (Å²) in [6, 6.07) is 0.663. The summed E-state index contributed by atoms with van der Waals surface area (Å²) in [6.07, 6.45) is -2.17. The molecule has 0 aliphatic heterocycles. The van der Waals surface area contributed by atoms with Gasteiger partial charge in [-0.25, -0.2) is 0 Å². The summed E-state index contributed by atoms with van der Waals surface area (Å²) in [4.78, 5) is 20.7. The number of carbonyl (C=O) groups excluding carboxylic acids is 1. The van der Waals surface area contributed by atoms with Crippen molar-refractivity contribution < 1.29 is 45.3 Å². The molecule has 1 heterocycles. The number of hydrogen-bond acceptors (Lipinski definition) is 6. The van der Waals surface area contributed by atoms with Gasteiger partial charge in [0, 0.05) is 22.6 Å². The van der Waals surface area contributed by atoms with Crippen LogP contribution < -0.4 is 9.47 Å². The second-order valence-electron chi connectivity index (χ2n) is 7.09. The Morgan fingerprint density at radius 3 is 2.17 bits per heavy atom. The molecule has 0 spiro atoms. The van der Waals surface area contributed by atoms with Gasteiger partial charge in [-0.05, 0) is 13.3 Å². The van der Waals surface area contributed by atoms with E-state index in [-0.39, 0.29) is 23.7 Å². The highest BCUT2D eigenvalue weighted by Gasteiger charge is 2.31. The summed E-state index contributed by atoms with van der Waals surface area (Å²) < 4.78 is 90.6. The lowest BCUT2D eigenvalue weighted by atomic mass is 9.87. The topological polar surface area (TPSA) is 70.5 Å². The largest absolute Gasteiger partial charge is 0.468 e. The number of alkyl halides is 6. The number of aromatic nitrogens is 2. The molecule has 0 amide bonds. The van der Waals surface area contributed by atoms with Crippen molar-refractivity contribution in [3.05, 3.63) is 52.8 Å². The Morgan fingerprint density at radius 1 is 1.14 bits per heavy atom. The highest BCUT2D eigenvalue weighted by Crippen LogP contribution is 2.30. The lowest BCUT2D eigenvalue weighted by Gasteiger charge is -2.19. The van der Waals surface area contributed by atoms with Crippen LogP contribution in [0.25, 0.3) is 5.57 Å². The van der Waals surface area contributed by atoms with Gasteiger partial charge < -0.3 is 14.2 Å². The van der Waals surface area contributed by atoms with E-state index in [0.29, 0.717) is 19.1 Å². The van der Waals surface area contributed by atoms with E-state index in [9.17, 15) is 31.1 Å². The van der Waals surface area contributed by atoms with Crippen LogP contribution in [0.15, 0.2) is 47.0 Å². The molecule has 0 bridgehead atoms. The zero-order valence-corrected chi connectivity index (χ0v) is 20.0. The van der Waals surface area contributed by atoms with Crippen LogP contribution in [-0.2, 0) is 9.53 Å². The second kappa shape index (κ2) is 12.3. The van der Waals surface area contributed by atoms with Crippen LogP contribution in [0.4, 0.5) is 26.3 Å². The van der Waals surface area contributed by atoms with E-state index in [1.165, 1.54) is 6.08 Å². The van der Waals surface area contributed by atoms with Gasteiger partial charge >= 0.3 is 12.4 Å². The van der Waals surface area contributed by atoms with Crippen molar-refractivity contribution in [2.45, 2.75) is 25.7 Å². The summed E-state index contributed by atoms with van der Waals surface area (Å²) in [5, 5.41) is 0. The molecule has 1 aromatic heterocycles. The van der Waals surface area contributed by atoms with E-state index >= 15 is 0 Å². The molecule has 1 unspecified atom stereocenters. The van der Waals surface area contributed by atoms with Gasteiger partial charge in [0.2, 0.25) is 11.8 Å². The monoisotopic (exact) mass is 570 g/mol. The molecule has 0 aromatic carbocycles. The minimum Gasteiger partial charge on any atom is -0.468 e. The first-order valence-corrected chi connectivity index (χ1v) is 10.9. The number of Topliss-reactive ketones (excluding diaryl/α,β-unsaturated/α-hetero) is 1. The van der Waals surface area contributed by atoms with Gasteiger partial charge in [0.25, 0.3) is 0 Å². The fourth-order valence-electron chi connectivity index (χ4n) is 2.78. The number of rotatable bonds is 11. The number of allylic oxidation sites excluding steroid dienone is 6. The Balaban J connectivity index is 2.38. The van der Waals surface area contributed by atoms with Gasteiger partial charge in [-0.15, -0.1) is 0 Å². The van der Waals surface area contributed by atoms with Crippen molar-refractivity contribution in [1.29, 1.82) is 0 Å². The highest BCUT2D eigenvalue weighted by atomic mass is 79.9. The minimum absolute atomic E-state index is 0.0929. The van der Waals surface area contributed by atoms with Crippen molar-refractivity contribution in [3.63, 3.8) is 0 Å². The highest BCUT2D eigenvalue weighted by molar-refractivity contribution is 9.11. The average Bonchev–Trinajstić information content (AvgIpc) is 2.78. The van der Waals surface area contributed by atoms with Gasteiger partial charge in [-0.3, -0.25) is 4.79 Å². The van der Waals surface area contributed by atoms with Crippen LogP contribution in [0.2, 0.25) is 0 Å². The van der Waals surface area contributed by atoms with Crippen LogP contribution in [0, 0.1) is 5.92 Å². The predicted octanol–water partition coefficient (Wildman–Crippen LogP) is 5.76. The van der Waals surface area contributed by atoms with Crippen molar-refractivity contribution in [2.75, 3.05) is 26.4 Å². The molecule has 0 saturated carbocycles. The molecule has 1 aliphatic carbocycles. The van der Waals surface area contributed by atoms with Gasteiger partial charge in [-0.2, -0.15) is 36.3 Å². The molecule has 0 saturated heterocycles. The number of ether oxygens (including phenoxy) is 3. The summed E-state index contributed by atoms with van der Waals surface area (Å²) >= 11 is 3.32. The quantitative estimate of drug-likeness (QED) is 0.191. The zero-order chi connectivity index (χ0) is 26.2. The molecule has 13 heteroatoms. The third-order valence-corrected chi connectivity index (χ3v) is 4.92. The third kappa shape index (κ3) is 9.84. The van der Waals surface area contributed by atoms with Gasteiger partial charge in [0.1, 0.15) is 0 Å². The molecule has 0 fully saturated rings. The van der Waals surface area contributed by atoms with Crippen molar-refractivity contribution in [1.82, 2.24) is 9.97 Å². The second-order valence-corrected chi connectivity index (χ2v) is 8.01. The molecule has 6 nitrogen and oxygen atoms in total. The van der Waals surface area contributed by atoms with Crippen molar-refractivity contribution >= 4 is 27.3 Å². The molecule has 2 rings (SSSR count). The molecule has 1 atom stereocenters. The third-order valence-electron chi connectivity index (χ3n) is 4.33. The number of nitrogens with zero attached hydrogens (tertiary/aromatic N) is 2. The first-order valence-electron chi connectivity index (χ1n) is 10.1. The molecule has 0 N–H and O–H groups in total. The molecule has 1 aromatic rings. The normalized spacial score (nSPS) is 16.6. The molecule has 1 aliphatic rings. The van der Waals surface area contributed by atoms with E-state index in [0.717, 1.165) is 4.48 Å². The van der Waals surface area contributed by atoms with E-state index in [2.05, 4.69) is 42.0 Å². The minimum atomic E-state index is -4.74. The van der Waals surface area contributed by atoms with Crippen LogP contribution in [0.1, 0.15) is 19.2 Å². The van der Waals surface area contributed by atoms with Gasteiger partial charge in [0.15, 0.2) is 24.8 Å². The smallest absolute Gasteiger partial charge is 0.422 e. The standard InChI is InChI=1S/C22H21BrF6N2O4/c1-3-33-9-8-16(14-4-6-15(23)7-5-14)19(32)13(2)20-30-17(34-11-21(24,25)26)10-18(31-20)35-12-22(27,28)29/h4,6-8,10,14H,2-3,5,9,11-12H2,1H3/b16-8-. The Bertz CT molecular complexity index is 982. The summed E-state index contributed by atoms with van der Waals surface area (Å²) in [7, 11) is 0. The Labute approximate surface area is 205 Å². The lowest BCUT2D eigenvalue weighted by Crippen LogP contribution is -2.22. The summed E-state index contributed by atoms with van der Waals surface area (Å²) in [6.45, 7) is 2.32. The van der Waals surface area contributed by atoms with E-state index < -0.39 is 48.9 Å². The fraction of sp³-hybridized carbons (Fsp3) is 0.409. The Hall–Kier alpha value is -2.67. The van der Waals surface area contributed by atoms with Gasteiger partial charge in [0.05, 0.1) is 18.2 Å². The van der Waals surface area contributed by atoms with Crippen LogP contribution >= 0.6 is 15.9 Å². The maximum absolute atomic E-state index is 13.3. The summed E-state index contributed by atoms with van der Waals surface area (Å²) in [5.74, 6) is -3.05. The summed E-state index contributed by atoms with van der Waals surface area (Å²) in [5.41, 5.74) is -0.122. The van der Waals surface area contributed by atoms with Crippen molar-refractivity contribution in [2.24, 2.45) is 5.92 Å². The Morgan fingerprint density at radius 2 is 1.71 bits per heavy atom. The van der Waals surface area contributed by atoms with Crippen LogP contribution in [0.5, 0.6) is 11.8 Å². The lowest BCUT2D eigenvalue weighted by molar-refractivity contribution is -0.154. The number of hydrogen-bond donors (Lipinski definition) is 0. The van der Waals surface area contributed by atoms with Crippen LogP contribution in [-0.4, -0.2) is 54.5 Å². The molecule has 192 valence electrons. The first-order chi connectivity index (χ1) is 16.3. The number of ketones is 1. The SMILES string of the molecule is C=C(C(=O)/C(=C\COCC)C1C=CC(Br)=CC1)c1nc(OCC(F)(F)F)cc(OCC(F)(F)F)n1. The van der Waals surface area contributed by atoms with Crippen molar-refractivity contribution in [3.8, 4) is 11.8 Å². The fourth-order valence-corrected chi connectivity index (χ4v) is 3.12. The maximum atomic E-state index is 13.3. The predicted molar refractivity (Wildman–Crippen MR) is 118 cm³/mol.